The summed E-state index contributed by atoms with van der Waals surface area (Å²) in [5.74, 6) is 2.53. The smallest absolute Gasteiger partial charge is 0.245 e. The number of aromatic nitrogens is 5. The number of imidazole rings is 2. The molecule has 7 heteroatoms. The van der Waals surface area contributed by atoms with Gasteiger partial charge in [0.05, 0.1) is 0 Å². The van der Waals surface area contributed by atoms with Crippen molar-refractivity contribution in [2.75, 3.05) is 13.1 Å². The number of amides is 1. The second kappa shape index (κ2) is 7.96. The van der Waals surface area contributed by atoms with Crippen LogP contribution in [-0.2, 0) is 11.3 Å². The number of rotatable bonds is 5. The lowest BCUT2D eigenvalue weighted by Gasteiger charge is -2.34. The zero-order valence-electron chi connectivity index (χ0n) is 16.4. The van der Waals surface area contributed by atoms with Gasteiger partial charge in [0.25, 0.3) is 0 Å². The first-order chi connectivity index (χ1) is 13.6. The Morgan fingerprint density at radius 1 is 1.11 bits per heavy atom. The molecule has 1 saturated heterocycles. The van der Waals surface area contributed by atoms with Crippen LogP contribution in [-0.4, -0.2) is 48.0 Å². The van der Waals surface area contributed by atoms with Crippen molar-refractivity contribution in [2.24, 2.45) is 0 Å². The van der Waals surface area contributed by atoms with E-state index in [4.69, 9.17) is 0 Å². The molecule has 4 rings (SSSR count). The van der Waals surface area contributed by atoms with Crippen LogP contribution in [0.5, 0.6) is 0 Å². The van der Waals surface area contributed by atoms with Crippen LogP contribution in [0.1, 0.15) is 48.9 Å². The topological polar surface area (TPSA) is 68.8 Å². The lowest BCUT2D eigenvalue weighted by atomic mass is 9.95. The Morgan fingerprint density at radius 2 is 1.82 bits per heavy atom. The summed E-state index contributed by atoms with van der Waals surface area (Å²) in [5.41, 5.74) is 1.21. The Labute approximate surface area is 165 Å². The zero-order chi connectivity index (χ0) is 19.5. The minimum Gasteiger partial charge on any atom is -0.341 e. The standard InChI is InChI=1S/C21H26N6O/c1-16(27-14-10-23-17(27)2)21(28)25-11-5-19(6-12-25)20-24-9-13-26(20)15-18-3-7-22-8-4-18/h3-4,7-10,13-14,16,19H,5-6,11-12,15H2,1-2H3/t16-/m1/s1. The molecule has 1 atom stereocenters. The first-order valence-corrected chi connectivity index (χ1v) is 9.81. The van der Waals surface area contributed by atoms with Crippen molar-refractivity contribution in [3.05, 3.63) is 66.5 Å². The minimum atomic E-state index is -0.215. The van der Waals surface area contributed by atoms with Gasteiger partial charge in [0.1, 0.15) is 17.7 Å². The summed E-state index contributed by atoms with van der Waals surface area (Å²) in [6.07, 6.45) is 13.0. The van der Waals surface area contributed by atoms with Crippen molar-refractivity contribution in [2.45, 2.75) is 45.2 Å². The average Bonchev–Trinajstić information content (AvgIpc) is 3.37. The van der Waals surface area contributed by atoms with Gasteiger partial charge in [0.15, 0.2) is 0 Å². The van der Waals surface area contributed by atoms with Gasteiger partial charge < -0.3 is 14.0 Å². The molecule has 1 fully saturated rings. The fourth-order valence-electron chi connectivity index (χ4n) is 4.04. The molecule has 1 amide bonds. The number of hydrogen-bond acceptors (Lipinski definition) is 4. The maximum atomic E-state index is 12.9. The van der Waals surface area contributed by atoms with E-state index in [9.17, 15) is 4.79 Å². The first-order valence-electron chi connectivity index (χ1n) is 9.81. The maximum Gasteiger partial charge on any atom is 0.245 e. The summed E-state index contributed by atoms with van der Waals surface area (Å²) in [4.78, 5) is 27.8. The van der Waals surface area contributed by atoms with Crippen LogP contribution in [0.2, 0.25) is 0 Å². The minimum absolute atomic E-state index is 0.166. The van der Waals surface area contributed by atoms with Gasteiger partial charge in [-0.25, -0.2) is 9.97 Å². The Hall–Kier alpha value is -2.96. The van der Waals surface area contributed by atoms with Crippen LogP contribution in [0.4, 0.5) is 0 Å². The van der Waals surface area contributed by atoms with E-state index in [-0.39, 0.29) is 11.9 Å². The molecule has 0 N–H and O–H groups in total. The van der Waals surface area contributed by atoms with Crippen molar-refractivity contribution in [1.82, 2.24) is 29.0 Å². The molecule has 0 aliphatic carbocycles. The Bertz CT molecular complexity index is 923. The normalized spacial score (nSPS) is 16.3. The van der Waals surface area contributed by atoms with E-state index >= 15 is 0 Å². The quantitative estimate of drug-likeness (QED) is 0.685. The number of carbonyl (C=O) groups is 1. The second-order valence-electron chi connectivity index (χ2n) is 7.43. The molecular weight excluding hydrogens is 352 g/mol. The molecule has 4 heterocycles. The monoisotopic (exact) mass is 378 g/mol. The van der Waals surface area contributed by atoms with E-state index in [1.807, 2.05) is 66.4 Å². The SMILES string of the molecule is Cc1nccn1[C@H](C)C(=O)N1CCC(c2nccn2Cc2ccncc2)CC1. The highest BCUT2D eigenvalue weighted by Crippen LogP contribution is 2.28. The maximum absolute atomic E-state index is 12.9. The molecule has 0 saturated carbocycles. The summed E-state index contributed by atoms with van der Waals surface area (Å²) < 4.78 is 4.16. The number of hydrogen-bond donors (Lipinski definition) is 0. The molecule has 3 aromatic heterocycles. The van der Waals surface area contributed by atoms with Crippen LogP contribution in [0.3, 0.4) is 0 Å². The van der Waals surface area contributed by atoms with Gasteiger partial charge in [-0.05, 0) is 44.4 Å². The molecule has 28 heavy (non-hydrogen) atoms. The number of pyridine rings is 1. The number of piperidine rings is 1. The first kappa shape index (κ1) is 18.4. The summed E-state index contributed by atoms with van der Waals surface area (Å²) in [7, 11) is 0. The third-order valence-electron chi connectivity index (χ3n) is 5.66. The van der Waals surface area contributed by atoms with Crippen molar-refractivity contribution in [1.29, 1.82) is 0 Å². The summed E-state index contributed by atoms with van der Waals surface area (Å²) >= 11 is 0. The number of aryl methyl sites for hydroxylation is 1. The number of carbonyl (C=O) groups excluding carboxylic acids is 1. The van der Waals surface area contributed by atoms with Crippen LogP contribution in [0, 0.1) is 6.92 Å². The zero-order valence-corrected chi connectivity index (χ0v) is 16.4. The highest BCUT2D eigenvalue weighted by Gasteiger charge is 2.29. The fraction of sp³-hybridized carbons (Fsp3) is 0.429. The Kier molecular flexibility index (Phi) is 5.23. The average molecular weight is 378 g/mol. The third kappa shape index (κ3) is 3.69. The largest absolute Gasteiger partial charge is 0.341 e. The highest BCUT2D eigenvalue weighted by atomic mass is 16.2. The van der Waals surface area contributed by atoms with E-state index < -0.39 is 0 Å². The van der Waals surface area contributed by atoms with Crippen molar-refractivity contribution < 1.29 is 4.79 Å². The molecule has 0 radical (unpaired) electrons. The van der Waals surface area contributed by atoms with E-state index in [1.165, 1.54) is 5.56 Å². The molecule has 1 aliphatic heterocycles. The molecule has 7 nitrogen and oxygen atoms in total. The van der Waals surface area contributed by atoms with Gasteiger partial charge in [0, 0.05) is 62.7 Å². The third-order valence-corrected chi connectivity index (χ3v) is 5.66. The van der Waals surface area contributed by atoms with Crippen LogP contribution >= 0.6 is 0 Å². The molecule has 146 valence electrons. The van der Waals surface area contributed by atoms with E-state index in [0.717, 1.165) is 44.1 Å². The lowest BCUT2D eigenvalue weighted by Crippen LogP contribution is -2.41. The predicted octanol–water partition coefficient (Wildman–Crippen LogP) is 2.80. The van der Waals surface area contributed by atoms with Gasteiger partial charge >= 0.3 is 0 Å². The van der Waals surface area contributed by atoms with Crippen LogP contribution in [0.15, 0.2) is 49.3 Å². The molecule has 0 aromatic carbocycles. The van der Waals surface area contributed by atoms with Crippen molar-refractivity contribution in [3.63, 3.8) is 0 Å². The molecule has 0 bridgehead atoms. The molecular formula is C21H26N6O. The Morgan fingerprint density at radius 3 is 2.50 bits per heavy atom. The molecule has 0 spiro atoms. The molecule has 1 aliphatic rings. The fourth-order valence-corrected chi connectivity index (χ4v) is 4.04. The summed E-state index contributed by atoms with van der Waals surface area (Å²) in [6.45, 7) is 6.21. The number of likely N-dealkylation sites (tertiary alicyclic amines) is 1. The Balaban J connectivity index is 1.39. The van der Waals surface area contributed by atoms with E-state index in [2.05, 4.69) is 19.5 Å². The van der Waals surface area contributed by atoms with E-state index in [0.29, 0.717) is 5.92 Å². The number of nitrogens with zero attached hydrogens (tertiary/aromatic N) is 6. The van der Waals surface area contributed by atoms with Gasteiger partial charge in [-0.2, -0.15) is 0 Å². The van der Waals surface area contributed by atoms with Crippen LogP contribution in [0.25, 0.3) is 0 Å². The molecule has 0 unspecified atom stereocenters. The molecule has 3 aromatic rings. The second-order valence-corrected chi connectivity index (χ2v) is 7.43. The van der Waals surface area contributed by atoms with E-state index in [1.54, 1.807) is 6.20 Å². The summed E-state index contributed by atoms with van der Waals surface area (Å²) in [6, 6.07) is 3.85. The van der Waals surface area contributed by atoms with Gasteiger partial charge in [0.2, 0.25) is 5.91 Å². The van der Waals surface area contributed by atoms with Gasteiger partial charge in [-0.15, -0.1) is 0 Å². The van der Waals surface area contributed by atoms with Crippen molar-refractivity contribution >= 4 is 5.91 Å². The van der Waals surface area contributed by atoms with Gasteiger partial charge in [-0.1, -0.05) is 0 Å². The van der Waals surface area contributed by atoms with Crippen molar-refractivity contribution in [3.8, 4) is 0 Å². The van der Waals surface area contributed by atoms with Gasteiger partial charge in [-0.3, -0.25) is 9.78 Å². The predicted molar refractivity (Wildman–Crippen MR) is 106 cm³/mol. The summed E-state index contributed by atoms with van der Waals surface area (Å²) in [5, 5.41) is 0. The lowest BCUT2D eigenvalue weighted by molar-refractivity contribution is -0.135. The van der Waals surface area contributed by atoms with Crippen LogP contribution < -0.4 is 0 Å². The highest BCUT2D eigenvalue weighted by molar-refractivity contribution is 5.80.